The summed E-state index contributed by atoms with van der Waals surface area (Å²) in [5.74, 6) is -0.322. The highest BCUT2D eigenvalue weighted by molar-refractivity contribution is 14.1. The van der Waals surface area contributed by atoms with Crippen LogP contribution in [0, 0.1) is 0 Å². The van der Waals surface area contributed by atoms with Crippen LogP contribution in [0.25, 0.3) is 0 Å². The minimum atomic E-state index is -0.322. The number of rotatable bonds is 2. The van der Waals surface area contributed by atoms with Crippen LogP contribution in [0.5, 0.6) is 0 Å². The first-order valence-electron chi connectivity index (χ1n) is 5.00. The molecule has 80 valence electrons. The average Bonchev–Trinajstić information content (AvgIpc) is 2.29. The van der Waals surface area contributed by atoms with Gasteiger partial charge in [0.05, 0.1) is 28.4 Å². The lowest BCUT2D eigenvalue weighted by Crippen LogP contribution is -2.12. The number of carbonyl (C=O) groups excluding carboxylic acids is 1. The van der Waals surface area contributed by atoms with E-state index in [1.165, 1.54) is 24.0 Å². The van der Waals surface area contributed by atoms with Crippen molar-refractivity contribution >= 4 is 28.8 Å². The van der Waals surface area contributed by atoms with Crippen LogP contribution in [0.4, 0.5) is 0 Å². The van der Waals surface area contributed by atoms with Crippen LogP contribution < -0.4 is 3.69 Å². The molecule has 0 amide bonds. The summed E-state index contributed by atoms with van der Waals surface area (Å²) in [7, 11) is 0. The van der Waals surface area contributed by atoms with Crippen LogP contribution in [0.3, 0.4) is 0 Å². The highest BCUT2D eigenvalue weighted by atomic mass is 127. The van der Waals surface area contributed by atoms with Gasteiger partial charge in [0, 0.05) is 0 Å². The van der Waals surface area contributed by atoms with E-state index in [1.807, 2.05) is 18.2 Å². The van der Waals surface area contributed by atoms with Crippen molar-refractivity contribution in [1.29, 1.82) is 0 Å². The zero-order chi connectivity index (χ0) is 10.7. The Morgan fingerprint density at radius 2 is 2.00 bits per heavy atom. The van der Waals surface area contributed by atoms with Crippen LogP contribution in [0.1, 0.15) is 34.3 Å². The Balaban J connectivity index is 2.24. The second kappa shape index (κ2) is 4.94. The summed E-state index contributed by atoms with van der Waals surface area (Å²) in [4.78, 5) is 16.2. The van der Waals surface area contributed by atoms with Crippen molar-refractivity contribution in [3.63, 3.8) is 0 Å². The van der Waals surface area contributed by atoms with Gasteiger partial charge in [-0.2, -0.15) is 0 Å². The molecule has 15 heavy (non-hydrogen) atoms. The molecule has 0 atom stereocenters. The standard InChI is InChI=1S/C11H12INO2/c12-13-15-11(14)10-6-5-8-3-1-2-4-9(8)7-10/h5-7,13H,1-4H2. The third kappa shape index (κ3) is 2.49. The second-order valence-corrected chi connectivity index (χ2v) is 4.10. The summed E-state index contributed by atoms with van der Waals surface area (Å²) in [6.07, 6.45) is 4.69. The molecule has 0 aromatic heterocycles. The van der Waals surface area contributed by atoms with E-state index < -0.39 is 0 Å². The molecule has 1 aliphatic carbocycles. The average molecular weight is 317 g/mol. The molecular weight excluding hydrogens is 305 g/mol. The Labute approximate surface area is 103 Å². The molecule has 0 saturated heterocycles. The Morgan fingerprint density at radius 1 is 1.27 bits per heavy atom. The molecule has 3 nitrogen and oxygen atoms in total. The minimum absolute atomic E-state index is 0.322. The number of benzene rings is 1. The first-order valence-corrected chi connectivity index (χ1v) is 6.08. The molecule has 0 radical (unpaired) electrons. The third-order valence-corrected chi connectivity index (χ3v) is 2.94. The number of nitrogens with one attached hydrogen (secondary N) is 1. The number of hydrogen-bond acceptors (Lipinski definition) is 3. The first-order chi connectivity index (χ1) is 7.31. The SMILES string of the molecule is O=C(ONI)c1ccc2c(c1)CCCC2. The maximum absolute atomic E-state index is 11.4. The number of hydrogen-bond donors (Lipinski definition) is 1. The monoisotopic (exact) mass is 317 g/mol. The van der Waals surface area contributed by atoms with E-state index in [1.54, 1.807) is 22.9 Å². The van der Waals surface area contributed by atoms with Gasteiger partial charge in [0.2, 0.25) is 0 Å². The van der Waals surface area contributed by atoms with Gasteiger partial charge in [-0.3, -0.25) is 0 Å². The van der Waals surface area contributed by atoms with Gasteiger partial charge in [0.25, 0.3) is 0 Å². The fourth-order valence-corrected chi connectivity index (χ4v) is 2.15. The predicted octanol–water partition coefficient (Wildman–Crippen LogP) is 2.58. The second-order valence-electron chi connectivity index (χ2n) is 3.66. The van der Waals surface area contributed by atoms with Gasteiger partial charge in [-0.1, -0.05) is 9.76 Å². The van der Waals surface area contributed by atoms with E-state index in [-0.39, 0.29) is 5.97 Å². The van der Waals surface area contributed by atoms with Gasteiger partial charge < -0.3 is 4.84 Å². The van der Waals surface area contributed by atoms with Gasteiger partial charge in [-0.25, -0.2) is 4.79 Å². The van der Waals surface area contributed by atoms with E-state index >= 15 is 0 Å². The molecule has 0 heterocycles. The molecule has 1 aromatic carbocycles. The van der Waals surface area contributed by atoms with Crippen molar-refractivity contribution in [3.05, 3.63) is 34.9 Å². The maximum Gasteiger partial charge on any atom is 0.357 e. The van der Waals surface area contributed by atoms with Crippen molar-refractivity contribution in [2.75, 3.05) is 0 Å². The summed E-state index contributed by atoms with van der Waals surface area (Å²) in [5, 5.41) is 0. The summed E-state index contributed by atoms with van der Waals surface area (Å²) in [6.45, 7) is 0. The predicted molar refractivity (Wildman–Crippen MR) is 65.7 cm³/mol. The molecule has 0 aliphatic heterocycles. The largest absolute Gasteiger partial charge is 0.357 e. The van der Waals surface area contributed by atoms with Gasteiger partial charge in [-0.15, -0.1) is 0 Å². The Hall–Kier alpha value is -0.620. The molecule has 1 aromatic rings. The van der Waals surface area contributed by atoms with Gasteiger partial charge in [0.15, 0.2) is 0 Å². The summed E-state index contributed by atoms with van der Waals surface area (Å²) in [5.41, 5.74) is 3.30. The van der Waals surface area contributed by atoms with Crippen molar-refractivity contribution in [1.82, 2.24) is 3.69 Å². The summed E-state index contributed by atoms with van der Waals surface area (Å²) >= 11 is 1.78. The van der Waals surface area contributed by atoms with E-state index in [0.29, 0.717) is 5.56 Å². The molecule has 0 unspecified atom stereocenters. The van der Waals surface area contributed by atoms with Gasteiger partial charge in [0.1, 0.15) is 0 Å². The van der Waals surface area contributed by atoms with Crippen LogP contribution in [-0.2, 0) is 17.7 Å². The van der Waals surface area contributed by atoms with Crippen LogP contribution in [0.15, 0.2) is 18.2 Å². The molecule has 1 aliphatic rings. The van der Waals surface area contributed by atoms with Gasteiger partial charge in [-0.05, 0) is 48.9 Å². The lowest BCUT2D eigenvalue weighted by molar-refractivity contribution is 0.0452. The smallest absolute Gasteiger partial charge is 0.357 e. The van der Waals surface area contributed by atoms with E-state index in [9.17, 15) is 4.79 Å². The number of carbonyl (C=O) groups is 1. The van der Waals surface area contributed by atoms with Gasteiger partial charge >= 0.3 is 5.97 Å². The molecule has 0 fully saturated rings. The first kappa shape index (κ1) is 10.9. The zero-order valence-corrected chi connectivity index (χ0v) is 10.4. The van der Waals surface area contributed by atoms with E-state index in [2.05, 4.69) is 3.69 Å². The molecular formula is C11H12INO2. The quantitative estimate of drug-likeness (QED) is 0.518. The highest BCUT2D eigenvalue weighted by Gasteiger charge is 2.13. The van der Waals surface area contributed by atoms with Crippen molar-refractivity contribution < 1.29 is 9.63 Å². The number of halogens is 1. The third-order valence-electron chi connectivity index (χ3n) is 2.72. The fourth-order valence-electron chi connectivity index (χ4n) is 1.95. The number of fused-ring (bicyclic) bond motifs is 1. The molecule has 0 saturated carbocycles. The Kier molecular flexibility index (Phi) is 3.58. The lowest BCUT2D eigenvalue weighted by Gasteiger charge is -2.15. The van der Waals surface area contributed by atoms with Crippen LogP contribution in [0.2, 0.25) is 0 Å². The van der Waals surface area contributed by atoms with Crippen molar-refractivity contribution in [2.45, 2.75) is 25.7 Å². The van der Waals surface area contributed by atoms with Crippen molar-refractivity contribution in [2.24, 2.45) is 0 Å². The molecule has 0 bridgehead atoms. The molecule has 0 spiro atoms. The van der Waals surface area contributed by atoms with Crippen LogP contribution in [-0.4, -0.2) is 5.97 Å². The minimum Gasteiger partial charge on any atom is -0.357 e. The van der Waals surface area contributed by atoms with E-state index in [4.69, 9.17) is 4.84 Å². The molecule has 2 rings (SSSR count). The van der Waals surface area contributed by atoms with Crippen molar-refractivity contribution in [3.8, 4) is 0 Å². The van der Waals surface area contributed by atoms with Crippen LogP contribution >= 0.6 is 22.9 Å². The fraction of sp³-hybridized carbons (Fsp3) is 0.364. The summed E-state index contributed by atoms with van der Waals surface area (Å²) in [6, 6.07) is 5.82. The maximum atomic E-state index is 11.4. The topological polar surface area (TPSA) is 38.3 Å². The highest BCUT2D eigenvalue weighted by Crippen LogP contribution is 2.22. The number of aryl methyl sites for hydroxylation is 2. The molecule has 4 heteroatoms. The van der Waals surface area contributed by atoms with E-state index in [0.717, 1.165) is 12.8 Å². The normalized spacial score (nSPS) is 14.5. The molecule has 1 N–H and O–H groups in total. The lowest BCUT2D eigenvalue weighted by atomic mass is 9.90. The Morgan fingerprint density at radius 3 is 2.73 bits per heavy atom. The summed E-state index contributed by atoms with van der Waals surface area (Å²) < 4.78 is 2.37. The Bertz CT molecular complexity index is 379. The zero-order valence-electron chi connectivity index (χ0n) is 8.25.